The number of para-hydroxylation sites is 1. The number of benzene rings is 1. The Morgan fingerprint density at radius 1 is 0.977 bits per heavy atom. The molecule has 1 nitrogen and oxygen atoms in total. The topological polar surface area (TPSA) is 15.8 Å². The molecule has 1 heterocycles. The van der Waals surface area contributed by atoms with Gasteiger partial charge in [0.25, 0.3) is 0 Å². The first kappa shape index (κ1) is 46.1. The van der Waals surface area contributed by atoms with Gasteiger partial charge in [-0.25, -0.2) is 0 Å². The van der Waals surface area contributed by atoms with E-state index in [4.69, 9.17) is 0 Å². The molecule has 1 aromatic heterocycles. The summed E-state index contributed by atoms with van der Waals surface area (Å²) >= 11 is 0. The second-order valence-corrected chi connectivity index (χ2v) is 14.0. The summed E-state index contributed by atoms with van der Waals surface area (Å²) in [4.78, 5) is 3.64. The molecule has 0 amide bonds. The molecule has 0 aliphatic heterocycles. The molecule has 3 rings (SSSR count). The number of hydrogen-bond donors (Lipinski definition) is 1. The number of nitrogens with one attached hydrogen (secondary N) is 1. The van der Waals surface area contributed by atoms with E-state index in [2.05, 4.69) is 113 Å². The van der Waals surface area contributed by atoms with Gasteiger partial charge in [0.15, 0.2) is 0 Å². The van der Waals surface area contributed by atoms with E-state index < -0.39 is 0 Å². The molecule has 43 heavy (non-hydrogen) atoms. The molecule has 252 valence electrons. The van der Waals surface area contributed by atoms with Gasteiger partial charge < -0.3 is 4.98 Å². The second kappa shape index (κ2) is 29.4. The smallest absolute Gasteiger partial charge is 0.0459 e. The van der Waals surface area contributed by atoms with Crippen LogP contribution in [0, 0.1) is 11.3 Å². The molecule has 0 radical (unpaired) electrons. The highest BCUT2D eigenvalue weighted by Crippen LogP contribution is 2.32. The molecule has 0 saturated heterocycles. The maximum atomic E-state index is 3.64. The first-order valence-electron chi connectivity index (χ1n) is 18.0. The Morgan fingerprint density at radius 2 is 1.51 bits per heavy atom. The maximum Gasteiger partial charge on any atom is 0.0459 e. The first-order valence-corrected chi connectivity index (χ1v) is 18.7. The van der Waals surface area contributed by atoms with Crippen molar-refractivity contribution < 1.29 is 0 Å². The highest BCUT2D eigenvalue weighted by molar-refractivity contribution is 7.17. The molecular formula is C41H78NP. The van der Waals surface area contributed by atoms with Crippen molar-refractivity contribution in [1.82, 2.24) is 4.98 Å². The third-order valence-electron chi connectivity index (χ3n) is 7.34. The van der Waals surface area contributed by atoms with Crippen LogP contribution in [-0.4, -0.2) is 10.6 Å². The lowest BCUT2D eigenvalue weighted by Crippen LogP contribution is -2.07. The quantitative estimate of drug-likeness (QED) is 0.225. The summed E-state index contributed by atoms with van der Waals surface area (Å²) in [6, 6.07) is 8.69. The fourth-order valence-electron chi connectivity index (χ4n) is 5.63. The molecule has 1 fully saturated rings. The second-order valence-electron chi connectivity index (χ2n) is 12.8. The van der Waals surface area contributed by atoms with E-state index in [1.165, 1.54) is 92.8 Å². The predicted molar refractivity (Wildman–Crippen MR) is 208 cm³/mol. The standard InChI is InChI=1S/C16H24NP.C11H20.C7H16.C3H6.2C2H6/c1-4-7-14-13-8-5-6-9-15(13)17-16(14)11(2)10-12(3)18;1-3-7-10(2)11-8-5-4-6-9-11;1-5-6-7(2,3)4;1-3-2;2*1-2/h5-6,8-9,11-12,17H,4,7,10,18H2,1-3H3;7,11H,3-6,8-9H2,1-2H3;5-6H2,1-4H3;3H,1H2,2H3;2*1-2H3. The molecule has 0 spiro atoms. The highest BCUT2D eigenvalue weighted by Gasteiger charge is 2.17. The van der Waals surface area contributed by atoms with Gasteiger partial charge in [-0.05, 0) is 86.9 Å². The minimum atomic E-state index is 0.550. The summed E-state index contributed by atoms with van der Waals surface area (Å²) in [6.45, 7) is 33.7. The van der Waals surface area contributed by atoms with E-state index in [0.717, 1.165) is 5.92 Å². The van der Waals surface area contributed by atoms with Crippen LogP contribution < -0.4 is 0 Å². The fraction of sp³-hybridized carbons (Fsp3) is 0.707. The van der Waals surface area contributed by atoms with Gasteiger partial charge in [-0.15, -0.1) is 15.8 Å². The van der Waals surface area contributed by atoms with Crippen LogP contribution in [0.25, 0.3) is 10.9 Å². The number of aromatic amines is 1. The molecule has 1 aromatic carbocycles. The number of allylic oxidation sites excluding steroid dienone is 3. The molecule has 1 N–H and O–H groups in total. The van der Waals surface area contributed by atoms with Crippen molar-refractivity contribution in [3.05, 3.63) is 59.8 Å². The number of fused-ring (bicyclic) bond motifs is 1. The summed E-state index contributed by atoms with van der Waals surface area (Å²) in [5.74, 6) is 1.54. The molecular weight excluding hydrogens is 537 g/mol. The number of H-pyrrole nitrogens is 1. The molecule has 1 aliphatic carbocycles. The summed E-state index contributed by atoms with van der Waals surface area (Å²) in [7, 11) is 2.91. The highest BCUT2D eigenvalue weighted by atomic mass is 31.0. The Hall–Kier alpha value is -1.33. The monoisotopic (exact) mass is 616 g/mol. The SMILES string of the molecule is C=CC.CC.CC.CCC=C(C)C1CCCCC1.CCCC(C)(C)C.CCCc1c(C(C)CC(C)P)[nH]c2ccccc12. The molecule has 2 heteroatoms. The van der Waals surface area contributed by atoms with Gasteiger partial charge in [0.05, 0.1) is 0 Å². The van der Waals surface area contributed by atoms with Gasteiger partial charge in [0, 0.05) is 16.6 Å². The number of aryl methyl sites for hydroxylation is 1. The van der Waals surface area contributed by atoms with Gasteiger partial charge in [0.1, 0.15) is 0 Å². The predicted octanol–water partition coefficient (Wildman–Crippen LogP) is 14.9. The third kappa shape index (κ3) is 22.8. The van der Waals surface area contributed by atoms with E-state index in [1.54, 1.807) is 11.6 Å². The summed E-state index contributed by atoms with van der Waals surface area (Å²) in [6.07, 6.45) is 18.9. The molecule has 1 saturated carbocycles. The van der Waals surface area contributed by atoms with Crippen molar-refractivity contribution in [1.29, 1.82) is 0 Å². The van der Waals surface area contributed by atoms with Crippen LogP contribution in [0.3, 0.4) is 0 Å². The fourth-order valence-corrected chi connectivity index (χ4v) is 6.04. The van der Waals surface area contributed by atoms with Gasteiger partial charge in [-0.1, -0.05) is 151 Å². The normalized spacial score (nSPS) is 14.4. The Kier molecular flexibility index (Phi) is 31.5. The van der Waals surface area contributed by atoms with E-state index in [-0.39, 0.29) is 0 Å². The van der Waals surface area contributed by atoms with E-state index in [0.29, 0.717) is 17.0 Å². The van der Waals surface area contributed by atoms with Gasteiger partial charge >= 0.3 is 0 Å². The number of rotatable bonds is 8. The van der Waals surface area contributed by atoms with Gasteiger partial charge in [-0.2, -0.15) is 0 Å². The molecule has 3 atom stereocenters. The van der Waals surface area contributed by atoms with Crippen LogP contribution in [0.15, 0.2) is 48.6 Å². The van der Waals surface area contributed by atoms with Crippen LogP contribution in [-0.2, 0) is 6.42 Å². The van der Waals surface area contributed by atoms with E-state index in [1.807, 2.05) is 34.6 Å². The average molecular weight is 616 g/mol. The molecule has 0 bridgehead atoms. The first-order chi connectivity index (χ1) is 20.4. The van der Waals surface area contributed by atoms with Crippen LogP contribution in [0.4, 0.5) is 0 Å². The number of hydrogen-bond acceptors (Lipinski definition) is 0. The Bertz CT molecular complexity index is 905. The van der Waals surface area contributed by atoms with E-state index in [9.17, 15) is 0 Å². The lowest BCUT2D eigenvalue weighted by Gasteiger charge is -2.22. The Labute approximate surface area is 274 Å². The number of aromatic nitrogens is 1. The minimum Gasteiger partial charge on any atom is -0.358 e. The minimum absolute atomic E-state index is 0.550. The Morgan fingerprint density at radius 3 is 1.93 bits per heavy atom. The lowest BCUT2D eigenvalue weighted by atomic mass is 9.84. The van der Waals surface area contributed by atoms with Gasteiger partial charge in [0.2, 0.25) is 0 Å². The van der Waals surface area contributed by atoms with Crippen molar-refractivity contribution >= 4 is 20.1 Å². The van der Waals surface area contributed by atoms with Crippen molar-refractivity contribution in [3.63, 3.8) is 0 Å². The van der Waals surface area contributed by atoms with Gasteiger partial charge in [-0.3, -0.25) is 0 Å². The molecule has 2 aromatic rings. The zero-order chi connectivity index (χ0) is 33.8. The van der Waals surface area contributed by atoms with Crippen LogP contribution in [0.5, 0.6) is 0 Å². The zero-order valence-corrected chi connectivity index (χ0v) is 32.9. The largest absolute Gasteiger partial charge is 0.358 e. The third-order valence-corrected chi connectivity index (χ3v) is 7.61. The van der Waals surface area contributed by atoms with Crippen molar-refractivity contribution in [2.75, 3.05) is 0 Å². The maximum absolute atomic E-state index is 3.64. The Balaban J connectivity index is -0.000000548. The van der Waals surface area contributed by atoms with E-state index >= 15 is 0 Å². The molecule has 1 aliphatic rings. The average Bonchev–Trinajstić information content (AvgIpc) is 3.35. The summed E-state index contributed by atoms with van der Waals surface area (Å²) in [5.41, 5.74) is 7.14. The molecule has 3 unspecified atom stereocenters. The van der Waals surface area contributed by atoms with Crippen molar-refractivity contribution in [3.8, 4) is 0 Å². The summed E-state index contributed by atoms with van der Waals surface area (Å²) < 4.78 is 0. The van der Waals surface area contributed by atoms with Crippen molar-refractivity contribution in [2.45, 2.75) is 179 Å². The van der Waals surface area contributed by atoms with Crippen LogP contribution in [0.2, 0.25) is 0 Å². The van der Waals surface area contributed by atoms with Crippen molar-refractivity contribution in [2.24, 2.45) is 11.3 Å². The van der Waals surface area contributed by atoms with Crippen LogP contribution >= 0.6 is 9.24 Å². The van der Waals surface area contributed by atoms with Crippen LogP contribution in [0.1, 0.15) is 178 Å². The summed E-state index contributed by atoms with van der Waals surface area (Å²) in [5, 5.41) is 1.41. The zero-order valence-electron chi connectivity index (χ0n) is 31.8. The lowest BCUT2D eigenvalue weighted by molar-refractivity contribution is 0.373.